The van der Waals surface area contributed by atoms with Gasteiger partial charge in [-0.15, -0.1) is 0 Å². The van der Waals surface area contributed by atoms with E-state index in [9.17, 15) is 13.2 Å². The highest BCUT2D eigenvalue weighted by molar-refractivity contribution is 7.90. The Bertz CT molecular complexity index is 1190. The van der Waals surface area contributed by atoms with Crippen LogP contribution in [0.15, 0.2) is 89.8 Å². The van der Waals surface area contributed by atoms with E-state index >= 15 is 0 Å². The van der Waals surface area contributed by atoms with Crippen molar-refractivity contribution in [2.24, 2.45) is 0 Å². The van der Waals surface area contributed by atoms with Gasteiger partial charge in [-0.3, -0.25) is 4.79 Å². The zero-order chi connectivity index (χ0) is 25.5. The van der Waals surface area contributed by atoms with E-state index in [4.69, 9.17) is 0 Å². The molecule has 1 aliphatic heterocycles. The molecule has 0 bridgehead atoms. The van der Waals surface area contributed by atoms with E-state index in [1.165, 1.54) is 17.4 Å². The predicted octanol–water partition coefficient (Wildman–Crippen LogP) is 4.78. The number of hydrogen-bond acceptors (Lipinski definition) is 4. The largest absolute Gasteiger partial charge is 0.338 e. The Balaban J connectivity index is 1.36. The third kappa shape index (κ3) is 6.62. The van der Waals surface area contributed by atoms with Crippen molar-refractivity contribution in [3.63, 3.8) is 0 Å². The van der Waals surface area contributed by atoms with Crippen LogP contribution in [0, 0.1) is 0 Å². The van der Waals surface area contributed by atoms with Crippen molar-refractivity contribution >= 4 is 15.7 Å². The first-order valence-electron chi connectivity index (χ1n) is 12.8. The van der Waals surface area contributed by atoms with Crippen LogP contribution in [0.3, 0.4) is 0 Å². The molecule has 1 heterocycles. The number of rotatable bonds is 10. The molecule has 36 heavy (non-hydrogen) atoms. The van der Waals surface area contributed by atoms with Gasteiger partial charge in [0.05, 0.1) is 11.3 Å². The monoisotopic (exact) mass is 504 g/mol. The van der Waals surface area contributed by atoms with Crippen LogP contribution in [0.2, 0.25) is 0 Å². The number of sulfone groups is 1. The van der Waals surface area contributed by atoms with E-state index in [-0.39, 0.29) is 16.8 Å². The Morgan fingerprint density at radius 1 is 0.944 bits per heavy atom. The summed E-state index contributed by atoms with van der Waals surface area (Å²) in [6.45, 7) is 5.59. The van der Waals surface area contributed by atoms with Gasteiger partial charge in [0, 0.05) is 37.8 Å². The minimum atomic E-state index is -3.24. The van der Waals surface area contributed by atoms with E-state index < -0.39 is 9.84 Å². The Morgan fingerprint density at radius 2 is 1.53 bits per heavy atom. The van der Waals surface area contributed by atoms with Gasteiger partial charge in [-0.05, 0) is 55.1 Å². The molecule has 0 aliphatic carbocycles. The molecule has 1 saturated heterocycles. The van der Waals surface area contributed by atoms with E-state index in [1.54, 1.807) is 24.3 Å². The number of amides is 1. The summed E-state index contributed by atoms with van der Waals surface area (Å²) in [5.41, 5.74) is 3.52. The zero-order valence-electron chi connectivity index (χ0n) is 21.2. The van der Waals surface area contributed by atoms with E-state index in [2.05, 4.69) is 65.6 Å². The molecule has 0 spiro atoms. The van der Waals surface area contributed by atoms with Crippen molar-refractivity contribution in [3.8, 4) is 0 Å². The highest BCUT2D eigenvalue weighted by atomic mass is 32.2. The van der Waals surface area contributed by atoms with Crippen molar-refractivity contribution in [2.45, 2.75) is 43.0 Å². The Morgan fingerprint density at radius 3 is 2.06 bits per heavy atom. The fourth-order valence-corrected chi connectivity index (χ4v) is 5.88. The Labute approximate surface area is 215 Å². The van der Waals surface area contributed by atoms with Crippen molar-refractivity contribution < 1.29 is 13.2 Å². The molecule has 4 rings (SSSR count). The minimum Gasteiger partial charge on any atom is -0.338 e. The smallest absolute Gasteiger partial charge is 0.227 e. The SMILES string of the molecule is CCN(C(=O)Cc1ccc(S(C)(=O)=O)cc1)C1CCN(CCC(c2ccccc2)c2ccccc2)C1. The summed E-state index contributed by atoms with van der Waals surface area (Å²) in [4.78, 5) is 17.9. The molecule has 1 unspecified atom stereocenters. The number of nitrogens with zero attached hydrogens (tertiary/aromatic N) is 2. The van der Waals surface area contributed by atoms with Gasteiger partial charge in [-0.1, -0.05) is 72.8 Å². The average molecular weight is 505 g/mol. The second-order valence-electron chi connectivity index (χ2n) is 9.68. The summed E-state index contributed by atoms with van der Waals surface area (Å²) >= 11 is 0. The summed E-state index contributed by atoms with van der Waals surface area (Å²) in [6.07, 6.45) is 3.50. The van der Waals surface area contributed by atoms with Crippen molar-refractivity contribution in [3.05, 3.63) is 102 Å². The molecule has 0 radical (unpaired) electrons. The highest BCUT2D eigenvalue weighted by Crippen LogP contribution is 2.29. The molecule has 1 fully saturated rings. The van der Waals surface area contributed by atoms with Gasteiger partial charge in [-0.2, -0.15) is 0 Å². The van der Waals surface area contributed by atoms with Crippen molar-refractivity contribution in [1.29, 1.82) is 0 Å². The topological polar surface area (TPSA) is 57.7 Å². The summed E-state index contributed by atoms with van der Waals surface area (Å²) in [7, 11) is -3.24. The van der Waals surface area contributed by atoms with E-state index in [1.807, 2.05) is 11.8 Å². The third-order valence-corrected chi connectivity index (χ3v) is 8.32. The highest BCUT2D eigenvalue weighted by Gasteiger charge is 2.30. The second kappa shape index (κ2) is 11.8. The van der Waals surface area contributed by atoms with Crippen LogP contribution < -0.4 is 0 Å². The molecule has 3 aromatic carbocycles. The number of hydrogen-bond donors (Lipinski definition) is 0. The molecular weight excluding hydrogens is 468 g/mol. The predicted molar refractivity (Wildman–Crippen MR) is 145 cm³/mol. The molecule has 1 amide bonds. The fourth-order valence-electron chi connectivity index (χ4n) is 5.25. The molecule has 1 aliphatic rings. The number of likely N-dealkylation sites (tertiary alicyclic amines) is 1. The summed E-state index contributed by atoms with van der Waals surface area (Å²) in [6, 6.07) is 28.3. The number of likely N-dealkylation sites (N-methyl/N-ethyl adjacent to an activating group) is 1. The van der Waals surface area contributed by atoms with Gasteiger partial charge >= 0.3 is 0 Å². The van der Waals surface area contributed by atoms with Crippen LogP contribution in [0.1, 0.15) is 42.4 Å². The van der Waals surface area contributed by atoms with Gasteiger partial charge in [-0.25, -0.2) is 8.42 Å². The maximum atomic E-state index is 13.1. The first-order chi connectivity index (χ1) is 17.3. The number of benzene rings is 3. The van der Waals surface area contributed by atoms with Gasteiger partial charge in [0.1, 0.15) is 0 Å². The molecule has 1 atom stereocenters. The van der Waals surface area contributed by atoms with Crippen LogP contribution in [0.4, 0.5) is 0 Å². The Kier molecular flexibility index (Phi) is 8.60. The molecular formula is C30H36N2O3S. The summed E-state index contributed by atoms with van der Waals surface area (Å²) < 4.78 is 23.4. The lowest BCUT2D eigenvalue weighted by atomic mass is 9.88. The molecule has 0 aromatic heterocycles. The zero-order valence-corrected chi connectivity index (χ0v) is 22.0. The lowest BCUT2D eigenvalue weighted by molar-refractivity contribution is -0.132. The standard InChI is InChI=1S/C30H36N2O3S/c1-3-32(30(33)22-24-14-16-28(17-15-24)36(2,34)35)27-18-20-31(23-27)21-19-29(25-10-6-4-7-11-25)26-12-8-5-9-13-26/h4-17,27,29H,3,18-23H2,1-2H3. The Hall–Kier alpha value is -2.96. The molecule has 5 nitrogen and oxygen atoms in total. The molecule has 6 heteroatoms. The molecule has 190 valence electrons. The van der Waals surface area contributed by atoms with Crippen LogP contribution in [-0.2, 0) is 21.1 Å². The number of carbonyl (C=O) groups is 1. The lowest BCUT2D eigenvalue weighted by Gasteiger charge is -2.28. The average Bonchev–Trinajstić information content (AvgIpc) is 3.34. The second-order valence-corrected chi connectivity index (χ2v) is 11.7. The van der Waals surface area contributed by atoms with Crippen molar-refractivity contribution in [2.75, 3.05) is 32.4 Å². The van der Waals surface area contributed by atoms with Crippen LogP contribution in [0.25, 0.3) is 0 Å². The van der Waals surface area contributed by atoms with Crippen LogP contribution >= 0.6 is 0 Å². The van der Waals surface area contributed by atoms with Gasteiger partial charge in [0.25, 0.3) is 0 Å². The van der Waals surface area contributed by atoms with E-state index in [0.29, 0.717) is 18.9 Å². The maximum Gasteiger partial charge on any atom is 0.227 e. The number of carbonyl (C=O) groups excluding carboxylic acids is 1. The maximum absolute atomic E-state index is 13.1. The van der Waals surface area contributed by atoms with Crippen molar-refractivity contribution in [1.82, 2.24) is 9.80 Å². The quantitative estimate of drug-likeness (QED) is 0.399. The first-order valence-corrected chi connectivity index (χ1v) is 14.6. The third-order valence-electron chi connectivity index (χ3n) is 7.19. The van der Waals surface area contributed by atoms with Gasteiger partial charge in [0.2, 0.25) is 5.91 Å². The summed E-state index contributed by atoms with van der Waals surface area (Å²) in [5.74, 6) is 0.452. The molecule has 0 N–H and O–H groups in total. The van der Waals surface area contributed by atoms with Crippen LogP contribution in [-0.4, -0.2) is 62.6 Å². The van der Waals surface area contributed by atoms with Gasteiger partial charge < -0.3 is 9.80 Å². The van der Waals surface area contributed by atoms with Gasteiger partial charge in [0.15, 0.2) is 9.84 Å². The fraction of sp³-hybridized carbons (Fsp3) is 0.367. The molecule has 3 aromatic rings. The van der Waals surface area contributed by atoms with E-state index in [0.717, 1.165) is 38.0 Å². The molecule has 0 saturated carbocycles. The lowest BCUT2D eigenvalue weighted by Crippen LogP contribution is -2.42. The normalized spacial score (nSPS) is 16.4. The first kappa shape index (κ1) is 26.1. The summed E-state index contributed by atoms with van der Waals surface area (Å²) in [5, 5.41) is 0. The van der Waals surface area contributed by atoms with Crippen LogP contribution in [0.5, 0.6) is 0 Å². The minimum absolute atomic E-state index is 0.0999.